The second-order valence-electron chi connectivity index (χ2n) is 7.46. The first kappa shape index (κ1) is 15.6. The quantitative estimate of drug-likeness (QED) is 0.806. The molecule has 1 saturated heterocycles. The number of rotatable bonds is 4. The number of amides is 1. The number of hydrogen-bond acceptors (Lipinski definition) is 3. The highest BCUT2D eigenvalue weighted by atomic mass is 16.6. The number of likely N-dealkylation sites (tertiary alicyclic amines) is 1. The molecule has 2 aliphatic rings. The molecule has 0 aromatic rings. The lowest BCUT2D eigenvalue weighted by Crippen LogP contribution is -2.46. The Balaban J connectivity index is 1.89. The van der Waals surface area contributed by atoms with Gasteiger partial charge < -0.3 is 14.7 Å². The van der Waals surface area contributed by atoms with Crippen LogP contribution in [0.1, 0.15) is 59.3 Å². The van der Waals surface area contributed by atoms with Crippen LogP contribution in [0.25, 0.3) is 0 Å². The van der Waals surface area contributed by atoms with Crippen molar-refractivity contribution in [2.75, 3.05) is 19.7 Å². The van der Waals surface area contributed by atoms with Crippen molar-refractivity contribution < 1.29 is 14.6 Å². The minimum absolute atomic E-state index is 0.167. The van der Waals surface area contributed by atoms with Crippen molar-refractivity contribution in [1.82, 2.24) is 4.90 Å². The van der Waals surface area contributed by atoms with E-state index in [9.17, 15) is 4.79 Å². The van der Waals surface area contributed by atoms with E-state index < -0.39 is 5.60 Å². The highest BCUT2D eigenvalue weighted by Crippen LogP contribution is 2.58. The largest absolute Gasteiger partial charge is 0.444 e. The van der Waals surface area contributed by atoms with Crippen molar-refractivity contribution in [3.05, 3.63) is 0 Å². The van der Waals surface area contributed by atoms with E-state index in [1.807, 2.05) is 25.7 Å². The van der Waals surface area contributed by atoms with Gasteiger partial charge in [0, 0.05) is 19.7 Å². The van der Waals surface area contributed by atoms with E-state index in [1.54, 1.807) is 0 Å². The minimum atomic E-state index is -0.418. The van der Waals surface area contributed by atoms with Crippen molar-refractivity contribution in [1.29, 1.82) is 0 Å². The number of piperidine rings is 1. The highest BCUT2D eigenvalue weighted by Gasteiger charge is 2.51. The smallest absolute Gasteiger partial charge is 0.410 e. The topological polar surface area (TPSA) is 49.8 Å². The number of unbranched alkanes of at least 4 members (excludes halogenated alkanes) is 1. The van der Waals surface area contributed by atoms with E-state index in [0.717, 1.165) is 38.8 Å². The lowest BCUT2D eigenvalue weighted by Gasteiger charge is -2.39. The van der Waals surface area contributed by atoms with Gasteiger partial charge in [-0.3, -0.25) is 0 Å². The zero-order chi connectivity index (χ0) is 14.8. The van der Waals surface area contributed by atoms with Gasteiger partial charge in [0.05, 0.1) is 0 Å². The van der Waals surface area contributed by atoms with Crippen molar-refractivity contribution in [2.45, 2.75) is 64.9 Å². The maximum atomic E-state index is 12.2. The second-order valence-corrected chi connectivity index (χ2v) is 7.46. The van der Waals surface area contributed by atoms with Gasteiger partial charge in [-0.05, 0) is 64.2 Å². The summed E-state index contributed by atoms with van der Waals surface area (Å²) in [4.78, 5) is 14.1. The summed E-state index contributed by atoms with van der Waals surface area (Å²) in [6.45, 7) is 7.68. The van der Waals surface area contributed by atoms with Crippen molar-refractivity contribution in [3.8, 4) is 0 Å². The molecular weight excluding hydrogens is 254 g/mol. The predicted octanol–water partition coefficient (Wildman–Crippen LogP) is 3.19. The summed E-state index contributed by atoms with van der Waals surface area (Å²) in [5, 5.41) is 8.92. The lowest BCUT2D eigenvalue weighted by atomic mass is 9.79. The predicted molar refractivity (Wildman–Crippen MR) is 78.5 cm³/mol. The van der Waals surface area contributed by atoms with E-state index in [0.29, 0.717) is 11.3 Å². The Hall–Kier alpha value is -0.770. The third kappa shape index (κ3) is 3.87. The van der Waals surface area contributed by atoms with Gasteiger partial charge in [0.1, 0.15) is 5.60 Å². The van der Waals surface area contributed by atoms with E-state index >= 15 is 0 Å². The fraction of sp³-hybridized carbons (Fsp3) is 0.938. The Morgan fingerprint density at radius 1 is 1.30 bits per heavy atom. The first-order chi connectivity index (χ1) is 9.36. The molecule has 116 valence electrons. The molecule has 1 aliphatic carbocycles. The van der Waals surface area contributed by atoms with Crippen molar-refractivity contribution >= 4 is 6.09 Å². The maximum absolute atomic E-state index is 12.2. The number of nitrogens with zero attached hydrogens (tertiary/aromatic N) is 1. The molecule has 1 unspecified atom stereocenters. The first-order valence-corrected chi connectivity index (χ1v) is 7.95. The summed E-state index contributed by atoms with van der Waals surface area (Å²) >= 11 is 0. The summed E-state index contributed by atoms with van der Waals surface area (Å²) in [5.74, 6) is 0.593. The normalized spacial score (nSPS) is 24.8. The molecule has 4 heteroatoms. The third-order valence-electron chi connectivity index (χ3n) is 4.69. The zero-order valence-electron chi connectivity index (χ0n) is 13.2. The van der Waals surface area contributed by atoms with Crippen LogP contribution in [0.4, 0.5) is 4.79 Å². The molecule has 0 radical (unpaired) electrons. The maximum Gasteiger partial charge on any atom is 0.410 e. The van der Waals surface area contributed by atoms with Crippen LogP contribution in [0.2, 0.25) is 0 Å². The van der Waals surface area contributed by atoms with Crippen LogP contribution >= 0.6 is 0 Å². The number of hydrogen-bond donors (Lipinski definition) is 1. The first-order valence-electron chi connectivity index (χ1n) is 7.95. The molecule has 1 spiro atoms. The average Bonchev–Trinajstić information content (AvgIpc) is 3.10. The Bertz CT molecular complexity index is 344. The Labute approximate surface area is 122 Å². The second kappa shape index (κ2) is 5.92. The van der Waals surface area contributed by atoms with Gasteiger partial charge >= 0.3 is 6.09 Å². The molecule has 1 N–H and O–H groups in total. The fourth-order valence-electron chi connectivity index (χ4n) is 3.32. The summed E-state index contributed by atoms with van der Waals surface area (Å²) in [7, 11) is 0. The average molecular weight is 283 g/mol. The number of carbonyl (C=O) groups excluding carboxylic acids is 1. The molecule has 20 heavy (non-hydrogen) atoms. The SMILES string of the molecule is CC(C)(C)OC(=O)N1CCC2(CC2)C(CCCCO)C1. The number of aliphatic hydroxyl groups excluding tert-OH is 1. The summed E-state index contributed by atoms with van der Waals surface area (Å²) in [6.07, 6.45) is 6.65. The Morgan fingerprint density at radius 3 is 2.55 bits per heavy atom. The molecule has 1 heterocycles. The van der Waals surface area contributed by atoms with Crippen LogP contribution in [0.15, 0.2) is 0 Å². The van der Waals surface area contributed by atoms with Gasteiger partial charge in [-0.15, -0.1) is 0 Å². The minimum Gasteiger partial charge on any atom is -0.444 e. The lowest BCUT2D eigenvalue weighted by molar-refractivity contribution is 0.00642. The monoisotopic (exact) mass is 283 g/mol. The van der Waals surface area contributed by atoms with E-state index in [4.69, 9.17) is 9.84 Å². The van der Waals surface area contributed by atoms with Gasteiger partial charge in [0.25, 0.3) is 0 Å². The van der Waals surface area contributed by atoms with Gasteiger partial charge in [-0.1, -0.05) is 6.42 Å². The molecular formula is C16H29NO3. The molecule has 1 aliphatic heterocycles. The molecule has 1 atom stereocenters. The van der Waals surface area contributed by atoms with Crippen molar-refractivity contribution in [2.24, 2.45) is 11.3 Å². The Morgan fingerprint density at radius 2 is 2.00 bits per heavy atom. The molecule has 4 nitrogen and oxygen atoms in total. The van der Waals surface area contributed by atoms with Crippen LogP contribution in [0, 0.1) is 11.3 Å². The van der Waals surface area contributed by atoms with Crippen LogP contribution in [0.3, 0.4) is 0 Å². The zero-order valence-corrected chi connectivity index (χ0v) is 13.2. The highest BCUT2D eigenvalue weighted by molar-refractivity contribution is 5.68. The van der Waals surface area contributed by atoms with Gasteiger partial charge in [-0.25, -0.2) is 4.79 Å². The number of aliphatic hydroxyl groups is 1. The van der Waals surface area contributed by atoms with Crippen LogP contribution in [-0.2, 0) is 4.74 Å². The molecule has 0 aromatic carbocycles. The molecule has 2 fully saturated rings. The van der Waals surface area contributed by atoms with Crippen LogP contribution in [0.5, 0.6) is 0 Å². The fourth-order valence-corrected chi connectivity index (χ4v) is 3.32. The summed E-state index contributed by atoms with van der Waals surface area (Å²) < 4.78 is 5.49. The van der Waals surface area contributed by atoms with Crippen LogP contribution in [-0.4, -0.2) is 41.4 Å². The number of carbonyl (C=O) groups is 1. The van der Waals surface area contributed by atoms with Gasteiger partial charge in [0.2, 0.25) is 0 Å². The Kier molecular flexibility index (Phi) is 4.62. The summed E-state index contributed by atoms with van der Waals surface area (Å²) in [6, 6.07) is 0. The summed E-state index contributed by atoms with van der Waals surface area (Å²) in [5.41, 5.74) is 0.0894. The molecule has 2 rings (SSSR count). The van der Waals surface area contributed by atoms with Gasteiger partial charge in [0.15, 0.2) is 0 Å². The molecule has 0 aromatic heterocycles. The third-order valence-corrected chi connectivity index (χ3v) is 4.69. The van der Waals surface area contributed by atoms with E-state index in [1.165, 1.54) is 12.8 Å². The van der Waals surface area contributed by atoms with E-state index in [2.05, 4.69) is 0 Å². The standard InChI is InChI=1S/C16H29NO3/c1-15(2,3)20-14(19)17-10-9-16(7-8-16)13(12-17)6-4-5-11-18/h13,18H,4-12H2,1-3H3. The van der Waals surface area contributed by atoms with Crippen molar-refractivity contribution in [3.63, 3.8) is 0 Å². The molecule has 1 amide bonds. The van der Waals surface area contributed by atoms with E-state index in [-0.39, 0.29) is 12.7 Å². The van der Waals surface area contributed by atoms with Gasteiger partial charge in [-0.2, -0.15) is 0 Å². The molecule has 1 saturated carbocycles. The molecule has 0 bridgehead atoms. The van der Waals surface area contributed by atoms with Crippen LogP contribution < -0.4 is 0 Å². The number of ether oxygens (including phenoxy) is 1.